The van der Waals surface area contributed by atoms with E-state index < -0.39 is 11.7 Å². The quantitative estimate of drug-likeness (QED) is 0.558. The van der Waals surface area contributed by atoms with Crippen LogP contribution in [0.1, 0.15) is 37.8 Å². The van der Waals surface area contributed by atoms with Crippen LogP contribution in [0.3, 0.4) is 0 Å². The standard InChI is InChI=1S/C20H31F3N4/c1-3-24-19(26-14-17-6-5-13-27(4-2)15-17)25-12-11-16-7-9-18(10-8-16)20(21,22)23/h7-10,17H,3-6,11-15H2,1-2H3,(H2,24,25,26). The first-order valence-corrected chi connectivity index (χ1v) is 9.83. The van der Waals surface area contributed by atoms with Crippen LogP contribution in [-0.4, -0.2) is 50.1 Å². The Labute approximate surface area is 160 Å². The van der Waals surface area contributed by atoms with Crippen LogP contribution >= 0.6 is 0 Å². The number of aliphatic imine (C=N–C) groups is 1. The molecule has 0 amide bonds. The van der Waals surface area contributed by atoms with E-state index >= 15 is 0 Å². The predicted molar refractivity (Wildman–Crippen MR) is 104 cm³/mol. The van der Waals surface area contributed by atoms with Crippen molar-refractivity contribution in [3.63, 3.8) is 0 Å². The molecule has 0 spiro atoms. The molecule has 1 aliphatic heterocycles. The molecule has 152 valence electrons. The lowest BCUT2D eigenvalue weighted by Crippen LogP contribution is -2.40. The first-order valence-electron chi connectivity index (χ1n) is 9.83. The third kappa shape index (κ3) is 7.40. The number of halogens is 3. The van der Waals surface area contributed by atoms with E-state index in [1.165, 1.54) is 31.5 Å². The number of nitrogens with one attached hydrogen (secondary N) is 2. The van der Waals surface area contributed by atoms with Crippen LogP contribution in [0.4, 0.5) is 13.2 Å². The Hall–Kier alpha value is -1.76. The highest BCUT2D eigenvalue weighted by Crippen LogP contribution is 2.29. The van der Waals surface area contributed by atoms with Crippen molar-refractivity contribution in [2.75, 3.05) is 39.3 Å². The highest BCUT2D eigenvalue weighted by molar-refractivity contribution is 5.79. The number of likely N-dealkylation sites (tertiary alicyclic amines) is 1. The molecular formula is C20H31F3N4. The fourth-order valence-corrected chi connectivity index (χ4v) is 3.34. The molecule has 1 unspecified atom stereocenters. The molecule has 1 saturated heterocycles. The van der Waals surface area contributed by atoms with Crippen molar-refractivity contribution in [2.24, 2.45) is 10.9 Å². The molecule has 4 nitrogen and oxygen atoms in total. The maximum atomic E-state index is 12.6. The summed E-state index contributed by atoms with van der Waals surface area (Å²) in [7, 11) is 0. The maximum absolute atomic E-state index is 12.6. The smallest absolute Gasteiger partial charge is 0.357 e. The van der Waals surface area contributed by atoms with Gasteiger partial charge in [-0.3, -0.25) is 4.99 Å². The Morgan fingerprint density at radius 1 is 1.19 bits per heavy atom. The number of benzene rings is 1. The van der Waals surface area contributed by atoms with Gasteiger partial charge in [0, 0.05) is 26.2 Å². The van der Waals surface area contributed by atoms with Crippen molar-refractivity contribution in [1.82, 2.24) is 15.5 Å². The molecule has 0 aliphatic carbocycles. The van der Waals surface area contributed by atoms with Gasteiger partial charge in [0.25, 0.3) is 0 Å². The van der Waals surface area contributed by atoms with Gasteiger partial charge >= 0.3 is 6.18 Å². The second-order valence-corrected chi connectivity index (χ2v) is 6.99. The Bertz CT molecular complexity index is 584. The molecule has 7 heteroatoms. The van der Waals surface area contributed by atoms with Crippen LogP contribution in [0.15, 0.2) is 29.3 Å². The average Bonchev–Trinajstić information content (AvgIpc) is 2.66. The van der Waals surface area contributed by atoms with Gasteiger partial charge in [-0.2, -0.15) is 13.2 Å². The Balaban J connectivity index is 1.81. The van der Waals surface area contributed by atoms with Gasteiger partial charge in [-0.25, -0.2) is 0 Å². The lowest BCUT2D eigenvalue weighted by Gasteiger charge is -2.31. The van der Waals surface area contributed by atoms with Crippen LogP contribution in [0.2, 0.25) is 0 Å². The zero-order valence-corrected chi connectivity index (χ0v) is 16.3. The van der Waals surface area contributed by atoms with Gasteiger partial charge in [-0.1, -0.05) is 19.1 Å². The molecule has 2 rings (SSSR count). The summed E-state index contributed by atoms with van der Waals surface area (Å²) in [5.74, 6) is 1.36. The first kappa shape index (κ1) is 21.5. The second-order valence-electron chi connectivity index (χ2n) is 6.99. The van der Waals surface area contributed by atoms with Crippen LogP contribution in [0.5, 0.6) is 0 Å². The summed E-state index contributed by atoms with van der Waals surface area (Å²) < 4.78 is 37.8. The number of rotatable bonds is 7. The number of piperidine rings is 1. The summed E-state index contributed by atoms with van der Waals surface area (Å²) >= 11 is 0. The molecule has 0 saturated carbocycles. The average molecular weight is 384 g/mol. The molecule has 0 aromatic heterocycles. The van der Waals surface area contributed by atoms with Crippen molar-refractivity contribution >= 4 is 5.96 Å². The fraction of sp³-hybridized carbons (Fsp3) is 0.650. The lowest BCUT2D eigenvalue weighted by atomic mass is 9.98. The zero-order valence-electron chi connectivity index (χ0n) is 16.3. The highest BCUT2D eigenvalue weighted by Gasteiger charge is 2.29. The SMILES string of the molecule is CCNC(=NCC1CCCN(CC)C1)NCCc1ccc(C(F)(F)F)cc1. The molecule has 1 aliphatic rings. The minimum absolute atomic E-state index is 0.587. The third-order valence-corrected chi connectivity index (χ3v) is 4.89. The van der Waals surface area contributed by atoms with Crippen LogP contribution < -0.4 is 10.6 Å². The number of guanidine groups is 1. The highest BCUT2D eigenvalue weighted by atomic mass is 19.4. The van der Waals surface area contributed by atoms with Gasteiger partial charge in [-0.15, -0.1) is 0 Å². The molecule has 0 radical (unpaired) electrons. The molecular weight excluding hydrogens is 353 g/mol. The largest absolute Gasteiger partial charge is 0.416 e. The van der Waals surface area contributed by atoms with Crippen LogP contribution in [0.25, 0.3) is 0 Å². The third-order valence-electron chi connectivity index (χ3n) is 4.89. The Morgan fingerprint density at radius 2 is 1.93 bits per heavy atom. The van der Waals surface area contributed by atoms with Crippen molar-refractivity contribution in [3.05, 3.63) is 35.4 Å². The summed E-state index contributed by atoms with van der Waals surface area (Å²) in [5.41, 5.74) is 0.264. The molecule has 1 heterocycles. The van der Waals surface area contributed by atoms with E-state index in [2.05, 4.69) is 22.5 Å². The second kappa shape index (κ2) is 10.5. The predicted octanol–water partition coefficient (Wildman–Crippen LogP) is 3.53. The fourth-order valence-electron chi connectivity index (χ4n) is 3.34. The molecule has 2 N–H and O–H groups in total. The van der Waals surface area contributed by atoms with Crippen molar-refractivity contribution in [1.29, 1.82) is 0 Å². The van der Waals surface area contributed by atoms with Crippen LogP contribution in [0, 0.1) is 5.92 Å². The van der Waals surface area contributed by atoms with E-state index in [0.717, 1.165) is 49.8 Å². The van der Waals surface area contributed by atoms with Crippen LogP contribution in [-0.2, 0) is 12.6 Å². The minimum atomic E-state index is -4.28. The topological polar surface area (TPSA) is 39.7 Å². The van der Waals surface area contributed by atoms with Gasteiger partial charge in [0.1, 0.15) is 0 Å². The summed E-state index contributed by atoms with van der Waals surface area (Å²) in [6.07, 6.45) is -1.19. The normalized spacial score (nSPS) is 19.1. The van der Waals surface area contributed by atoms with Crippen molar-refractivity contribution < 1.29 is 13.2 Å². The number of alkyl halides is 3. The van der Waals surface area contributed by atoms with Gasteiger partial charge in [-0.05, 0) is 62.9 Å². The summed E-state index contributed by atoms with van der Waals surface area (Å²) in [6, 6.07) is 5.35. The first-order chi connectivity index (χ1) is 12.9. The van der Waals surface area contributed by atoms with Crippen molar-refractivity contribution in [2.45, 2.75) is 39.3 Å². The Kier molecular flexibility index (Phi) is 8.41. The zero-order chi connectivity index (χ0) is 19.7. The number of hydrogen-bond donors (Lipinski definition) is 2. The monoisotopic (exact) mass is 384 g/mol. The van der Waals surface area contributed by atoms with E-state index in [1.54, 1.807) is 0 Å². The molecule has 27 heavy (non-hydrogen) atoms. The van der Waals surface area contributed by atoms with Gasteiger partial charge in [0.2, 0.25) is 0 Å². The summed E-state index contributed by atoms with van der Waals surface area (Å²) in [4.78, 5) is 7.17. The molecule has 1 aromatic rings. The molecule has 0 bridgehead atoms. The molecule has 1 fully saturated rings. The number of hydrogen-bond acceptors (Lipinski definition) is 2. The van der Waals surface area contributed by atoms with Crippen molar-refractivity contribution in [3.8, 4) is 0 Å². The maximum Gasteiger partial charge on any atom is 0.416 e. The van der Waals surface area contributed by atoms with Gasteiger partial charge < -0.3 is 15.5 Å². The van der Waals surface area contributed by atoms with E-state index in [-0.39, 0.29) is 0 Å². The molecule has 1 atom stereocenters. The molecule has 1 aromatic carbocycles. The number of nitrogens with zero attached hydrogens (tertiary/aromatic N) is 2. The summed E-state index contributed by atoms with van der Waals surface area (Å²) in [5, 5.41) is 6.52. The minimum Gasteiger partial charge on any atom is -0.357 e. The Morgan fingerprint density at radius 3 is 2.56 bits per heavy atom. The summed E-state index contributed by atoms with van der Waals surface area (Å²) in [6.45, 7) is 9.79. The lowest BCUT2D eigenvalue weighted by molar-refractivity contribution is -0.137. The van der Waals surface area contributed by atoms with E-state index in [9.17, 15) is 13.2 Å². The van der Waals surface area contributed by atoms with E-state index in [4.69, 9.17) is 4.99 Å². The van der Waals surface area contributed by atoms with E-state index in [1.807, 2.05) is 6.92 Å². The van der Waals surface area contributed by atoms with Gasteiger partial charge in [0.05, 0.1) is 5.56 Å². The van der Waals surface area contributed by atoms with E-state index in [0.29, 0.717) is 18.9 Å². The van der Waals surface area contributed by atoms with Gasteiger partial charge in [0.15, 0.2) is 5.96 Å².